The molecule has 2 fully saturated rings. The van der Waals surface area contributed by atoms with Crippen LogP contribution in [0.25, 0.3) is 17.0 Å². The van der Waals surface area contributed by atoms with Crippen LogP contribution in [0.1, 0.15) is 25.0 Å². The van der Waals surface area contributed by atoms with Crippen LogP contribution >= 0.6 is 11.8 Å². The SMILES string of the molecule is O=C1S/C(=C/c2ccc3cc(F)ccc3n2)C(=O)N1CCN1CCCCC1. The molecule has 2 saturated heterocycles. The van der Waals surface area contributed by atoms with Gasteiger partial charge in [0, 0.05) is 18.5 Å². The molecular formula is C20H20FN3O2S. The minimum atomic E-state index is -0.313. The van der Waals surface area contributed by atoms with Gasteiger partial charge in [-0.05, 0) is 68.0 Å². The van der Waals surface area contributed by atoms with Crippen LogP contribution in [0.3, 0.4) is 0 Å². The molecule has 0 atom stereocenters. The predicted octanol–water partition coefficient (Wildman–Crippen LogP) is 3.90. The summed E-state index contributed by atoms with van der Waals surface area (Å²) in [6.07, 6.45) is 5.25. The Labute approximate surface area is 161 Å². The molecule has 0 bridgehead atoms. The number of halogens is 1. The summed E-state index contributed by atoms with van der Waals surface area (Å²) in [5.41, 5.74) is 1.23. The highest BCUT2D eigenvalue weighted by Crippen LogP contribution is 2.32. The molecule has 7 heteroatoms. The molecule has 2 aliphatic rings. The standard InChI is InChI=1S/C20H20FN3O2S/c21-15-5-7-17-14(12-15)4-6-16(22-17)13-18-19(25)24(20(26)27-18)11-10-23-8-2-1-3-9-23/h4-7,12-13H,1-3,8-11H2/b18-13+. The topological polar surface area (TPSA) is 53.5 Å². The van der Waals surface area contributed by atoms with Crippen molar-refractivity contribution >= 4 is 39.9 Å². The summed E-state index contributed by atoms with van der Waals surface area (Å²) in [6.45, 7) is 3.22. The third-order valence-corrected chi connectivity index (χ3v) is 5.82. The van der Waals surface area contributed by atoms with E-state index in [0.29, 0.717) is 28.0 Å². The Kier molecular flexibility index (Phi) is 5.22. The number of imide groups is 1. The van der Waals surface area contributed by atoms with Gasteiger partial charge in [0.05, 0.1) is 16.1 Å². The molecule has 3 heterocycles. The number of benzene rings is 1. The highest BCUT2D eigenvalue weighted by atomic mass is 32.2. The first-order valence-electron chi connectivity index (χ1n) is 9.14. The third-order valence-electron chi connectivity index (χ3n) is 4.91. The predicted molar refractivity (Wildman–Crippen MR) is 105 cm³/mol. The average molecular weight is 385 g/mol. The number of carbonyl (C=O) groups is 2. The van der Waals surface area contributed by atoms with Gasteiger partial charge >= 0.3 is 0 Å². The number of fused-ring (bicyclic) bond motifs is 1. The van der Waals surface area contributed by atoms with Crippen LogP contribution in [-0.4, -0.2) is 52.1 Å². The number of aromatic nitrogens is 1. The third kappa shape index (κ3) is 4.04. The highest BCUT2D eigenvalue weighted by molar-refractivity contribution is 8.18. The van der Waals surface area contributed by atoms with Crippen LogP contribution in [0, 0.1) is 5.82 Å². The molecule has 4 rings (SSSR count). The minimum Gasteiger partial charge on any atom is -0.302 e. The fourth-order valence-electron chi connectivity index (χ4n) is 3.44. The first-order valence-corrected chi connectivity index (χ1v) is 9.96. The van der Waals surface area contributed by atoms with Gasteiger partial charge in [0.15, 0.2) is 0 Å². The van der Waals surface area contributed by atoms with Crippen LogP contribution < -0.4 is 0 Å². The summed E-state index contributed by atoms with van der Waals surface area (Å²) in [5, 5.41) is 0.466. The summed E-state index contributed by atoms with van der Waals surface area (Å²) >= 11 is 0.951. The molecule has 1 aromatic carbocycles. The van der Waals surface area contributed by atoms with E-state index in [1.807, 2.05) is 0 Å². The molecule has 2 aliphatic heterocycles. The number of rotatable bonds is 4. The van der Waals surface area contributed by atoms with E-state index in [1.165, 1.54) is 36.3 Å². The van der Waals surface area contributed by atoms with Crippen molar-refractivity contribution in [2.24, 2.45) is 0 Å². The molecular weight excluding hydrogens is 365 g/mol. The van der Waals surface area contributed by atoms with Crippen molar-refractivity contribution in [3.8, 4) is 0 Å². The molecule has 0 radical (unpaired) electrons. The maximum atomic E-state index is 13.3. The van der Waals surface area contributed by atoms with Gasteiger partial charge in [0.25, 0.3) is 11.1 Å². The second kappa shape index (κ2) is 7.78. The van der Waals surface area contributed by atoms with Crippen LogP contribution in [0.5, 0.6) is 0 Å². The summed E-state index contributed by atoms with van der Waals surface area (Å²) in [7, 11) is 0. The molecule has 0 spiro atoms. The lowest BCUT2D eigenvalue weighted by atomic mass is 10.1. The molecule has 27 heavy (non-hydrogen) atoms. The molecule has 2 aromatic rings. The van der Waals surface area contributed by atoms with Crippen molar-refractivity contribution in [3.05, 3.63) is 46.7 Å². The Bertz CT molecular complexity index is 925. The summed E-state index contributed by atoms with van der Waals surface area (Å²) in [5.74, 6) is -0.574. The number of amides is 2. The molecule has 0 aliphatic carbocycles. The van der Waals surface area contributed by atoms with E-state index < -0.39 is 0 Å². The number of carbonyl (C=O) groups excluding carboxylic acids is 2. The fraction of sp³-hybridized carbons (Fsp3) is 0.350. The lowest BCUT2D eigenvalue weighted by Crippen LogP contribution is -2.39. The molecule has 0 unspecified atom stereocenters. The first kappa shape index (κ1) is 18.1. The van der Waals surface area contributed by atoms with E-state index in [4.69, 9.17) is 0 Å². The van der Waals surface area contributed by atoms with Crippen LogP contribution in [0.15, 0.2) is 35.2 Å². The highest BCUT2D eigenvalue weighted by Gasteiger charge is 2.35. The normalized spacial score (nSPS) is 20.2. The van der Waals surface area contributed by atoms with Gasteiger partial charge in [-0.3, -0.25) is 14.5 Å². The molecule has 140 valence electrons. The lowest BCUT2D eigenvalue weighted by Gasteiger charge is -2.27. The van der Waals surface area contributed by atoms with Crippen LogP contribution in [0.4, 0.5) is 9.18 Å². The second-order valence-corrected chi connectivity index (χ2v) is 7.80. The smallest absolute Gasteiger partial charge is 0.293 e. The Morgan fingerprint density at radius 1 is 1.07 bits per heavy atom. The van der Waals surface area contributed by atoms with E-state index in [-0.39, 0.29) is 17.0 Å². The Morgan fingerprint density at radius 2 is 1.89 bits per heavy atom. The zero-order valence-corrected chi connectivity index (χ0v) is 15.7. The molecule has 0 N–H and O–H groups in total. The van der Waals surface area contributed by atoms with E-state index in [9.17, 15) is 14.0 Å². The second-order valence-electron chi connectivity index (χ2n) is 6.81. The molecule has 0 saturated carbocycles. The number of thioether (sulfide) groups is 1. The Hall–Kier alpha value is -2.25. The van der Waals surface area contributed by atoms with Crippen LogP contribution in [0.2, 0.25) is 0 Å². The van der Waals surface area contributed by atoms with Gasteiger partial charge < -0.3 is 4.90 Å². The number of hydrogen-bond donors (Lipinski definition) is 0. The van der Waals surface area contributed by atoms with E-state index >= 15 is 0 Å². The maximum absolute atomic E-state index is 13.3. The van der Waals surface area contributed by atoms with E-state index in [0.717, 1.165) is 31.4 Å². The van der Waals surface area contributed by atoms with Gasteiger partial charge in [0.1, 0.15) is 5.82 Å². The van der Waals surface area contributed by atoms with Gasteiger partial charge in [-0.2, -0.15) is 0 Å². The van der Waals surface area contributed by atoms with Crippen molar-refractivity contribution < 1.29 is 14.0 Å². The number of likely N-dealkylation sites (tertiary alicyclic amines) is 1. The Balaban J connectivity index is 1.48. The summed E-state index contributed by atoms with van der Waals surface area (Å²) in [6, 6.07) is 7.86. The quantitative estimate of drug-likeness (QED) is 0.748. The van der Waals surface area contributed by atoms with Crippen molar-refractivity contribution in [2.45, 2.75) is 19.3 Å². The zero-order valence-electron chi connectivity index (χ0n) is 14.9. The lowest BCUT2D eigenvalue weighted by molar-refractivity contribution is -0.122. The molecule has 2 amide bonds. The van der Waals surface area contributed by atoms with Gasteiger partial charge in [-0.1, -0.05) is 12.5 Å². The van der Waals surface area contributed by atoms with Crippen LogP contribution in [-0.2, 0) is 4.79 Å². The van der Waals surface area contributed by atoms with E-state index in [2.05, 4.69) is 9.88 Å². The van der Waals surface area contributed by atoms with Crippen molar-refractivity contribution in [1.29, 1.82) is 0 Å². The number of nitrogens with zero attached hydrogens (tertiary/aromatic N) is 3. The van der Waals surface area contributed by atoms with Crippen molar-refractivity contribution in [1.82, 2.24) is 14.8 Å². The van der Waals surface area contributed by atoms with Crippen molar-refractivity contribution in [3.63, 3.8) is 0 Å². The fourth-order valence-corrected chi connectivity index (χ4v) is 4.29. The van der Waals surface area contributed by atoms with Crippen molar-refractivity contribution in [2.75, 3.05) is 26.2 Å². The summed E-state index contributed by atoms with van der Waals surface area (Å²) < 4.78 is 13.3. The van der Waals surface area contributed by atoms with E-state index in [1.54, 1.807) is 24.3 Å². The number of pyridine rings is 1. The van der Waals surface area contributed by atoms with Gasteiger partial charge in [-0.15, -0.1) is 0 Å². The minimum absolute atomic E-state index is 0.230. The monoisotopic (exact) mass is 385 g/mol. The zero-order chi connectivity index (χ0) is 18.8. The maximum Gasteiger partial charge on any atom is 0.293 e. The Morgan fingerprint density at radius 3 is 2.70 bits per heavy atom. The number of hydrogen-bond acceptors (Lipinski definition) is 5. The van der Waals surface area contributed by atoms with Gasteiger partial charge in [0.2, 0.25) is 0 Å². The summed E-state index contributed by atoms with van der Waals surface area (Å²) in [4.78, 5) is 33.3. The molecule has 1 aromatic heterocycles. The largest absolute Gasteiger partial charge is 0.302 e. The number of piperidine rings is 1. The van der Waals surface area contributed by atoms with Gasteiger partial charge in [-0.25, -0.2) is 9.37 Å². The average Bonchev–Trinajstić information content (AvgIpc) is 2.94. The molecule has 5 nitrogen and oxygen atoms in total. The first-order chi connectivity index (χ1) is 13.1.